The van der Waals surface area contributed by atoms with Gasteiger partial charge in [0.2, 0.25) is 0 Å². The van der Waals surface area contributed by atoms with Crippen LogP contribution in [0.1, 0.15) is 11.3 Å². The predicted molar refractivity (Wildman–Crippen MR) is 58.5 cm³/mol. The first-order valence-electron chi connectivity index (χ1n) is 4.68. The van der Waals surface area contributed by atoms with Crippen molar-refractivity contribution in [3.63, 3.8) is 0 Å². The Hall–Kier alpha value is -1.32. The summed E-state index contributed by atoms with van der Waals surface area (Å²) in [5, 5.41) is 4.01. The van der Waals surface area contributed by atoms with Gasteiger partial charge in [-0.05, 0) is 11.6 Å². The van der Waals surface area contributed by atoms with Crippen LogP contribution in [0.25, 0.3) is 0 Å². The van der Waals surface area contributed by atoms with Crippen molar-refractivity contribution >= 4 is 11.6 Å². The lowest BCUT2D eigenvalue weighted by molar-refractivity contribution is 0.479. The molecule has 0 bridgehead atoms. The monoisotopic (exact) mass is 222 g/mol. The molecular weight excluding hydrogens is 212 g/mol. The van der Waals surface area contributed by atoms with Crippen LogP contribution in [0.4, 0.5) is 0 Å². The van der Waals surface area contributed by atoms with Gasteiger partial charge in [0.15, 0.2) is 6.39 Å². The van der Waals surface area contributed by atoms with Gasteiger partial charge in [-0.15, -0.1) is 0 Å². The molecule has 4 heteroatoms. The van der Waals surface area contributed by atoms with Crippen LogP contribution in [0.5, 0.6) is 0 Å². The van der Waals surface area contributed by atoms with Crippen molar-refractivity contribution < 1.29 is 4.42 Å². The van der Waals surface area contributed by atoms with Crippen LogP contribution < -0.4 is 5.32 Å². The van der Waals surface area contributed by atoms with E-state index in [0.717, 1.165) is 22.9 Å². The van der Waals surface area contributed by atoms with Crippen LogP contribution in [0.3, 0.4) is 0 Å². The van der Waals surface area contributed by atoms with Crippen molar-refractivity contribution in [3.05, 3.63) is 53.2 Å². The molecule has 15 heavy (non-hydrogen) atoms. The van der Waals surface area contributed by atoms with E-state index < -0.39 is 0 Å². The molecule has 0 unspecified atom stereocenters. The number of halogens is 1. The Balaban J connectivity index is 1.86. The molecule has 1 heterocycles. The molecule has 0 saturated carbocycles. The summed E-state index contributed by atoms with van der Waals surface area (Å²) in [5.74, 6) is 0.821. The average molecular weight is 223 g/mol. The van der Waals surface area contributed by atoms with E-state index in [9.17, 15) is 0 Å². The van der Waals surface area contributed by atoms with Crippen LogP contribution in [-0.2, 0) is 13.1 Å². The highest BCUT2D eigenvalue weighted by Crippen LogP contribution is 2.14. The summed E-state index contributed by atoms with van der Waals surface area (Å²) in [7, 11) is 0. The van der Waals surface area contributed by atoms with Crippen molar-refractivity contribution in [2.24, 2.45) is 0 Å². The smallest absolute Gasteiger partial charge is 0.180 e. The molecule has 0 spiro atoms. The molecule has 1 aromatic carbocycles. The number of benzene rings is 1. The van der Waals surface area contributed by atoms with Gasteiger partial charge in [-0.25, -0.2) is 4.98 Å². The molecule has 2 rings (SSSR count). The van der Waals surface area contributed by atoms with Crippen LogP contribution in [-0.4, -0.2) is 4.98 Å². The molecule has 0 atom stereocenters. The minimum Gasteiger partial charge on any atom is -0.447 e. The maximum Gasteiger partial charge on any atom is 0.180 e. The molecule has 0 radical (unpaired) electrons. The molecule has 1 aromatic heterocycles. The number of rotatable bonds is 4. The average Bonchev–Trinajstić information content (AvgIpc) is 2.74. The van der Waals surface area contributed by atoms with E-state index >= 15 is 0 Å². The Morgan fingerprint density at radius 3 is 2.87 bits per heavy atom. The third kappa shape index (κ3) is 2.81. The zero-order chi connectivity index (χ0) is 10.5. The quantitative estimate of drug-likeness (QED) is 0.864. The Morgan fingerprint density at radius 2 is 2.13 bits per heavy atom. The number of nitrogens with one attached hydrogen (secondary N) is 1. The maximum atomic E-state index is 6.01. The van der Waals surface area contributed by atoms with E-state index in [0.29, 0.717) is 6.54 Å². The molecule has 0 fully saturated rings. The molecule has 0 aliphatic carbocycles. The first kappa shape index (κ1) is 10.2. The molecular formula is C11H11ClN2O. The van der Waals surface area contributed by atoms with Crippen molar-refractivity contribution in [2.75, 3.05) is 0 Å². The number of aromatic nitrogens is 1. The molecule has 0 amide bonds. The Labute approximate surface area is 93.1 Å². The summed E-state index contributed by atoms with van der Waals surface area (Å²) in [4.78, 5) is 3.83. The standard InChI is InChI=1S/C11H11ClN2O/c12-11-4-2-1-3-9(11)5-13-6-10-7-14-8-15-10/h1-4,7-8,13H,5-6H2. The molecule has 0 aliphatic heterocycles. The molecule has 78 valence electrons. The lowest BCUT2D eigenvalue weighted by Gasteiger charge is -2.04. The lowest BCUT2D eigenvalue weighted by Crippen LogP contribution is -2.12. The molecule has 3 nitrogen and oxygen atoms in total. The summed E-state index contributed by atoms with van der Waals surface area (Å²) >= 11 is 6.01. The van der Waals surface area contributed by atoms with Crippen LogP contribution >= 0.6 is 11.6 Å². The zero-order valence-electron chi connectivity index (χ0n) is 8.11. The van der Waals surface area contributed by atoms with Gasteiger partial charge in [0, 0.05) is 11.6 Å². The summed E-state index contributed by atoms with van der Waals surface area (Å²) in [6.45, 7) is 1.38. The van der Waals surface area contributed by atoms with Gasteiger partial charge in [0.25, 0.3) is 0 Å². The summed E-state index contributed by atoms with van der Waals surface area (Å²) < 4.78 is 5.10. The second-order valence-electron chi connectivity index (χ2n) is 3.16. The second-order valence-corrected chi connectivity index (χ2v) is 3.57. The number of hydrogen-bond acceptors (Lipinski definition) is 3. The largest absolute Gasteiger partial charge is 0.447 e. The summed E-state index contributed by atoms with van der Waals surface area (Å²) in [6.07, 6.45) is 3.12. The fourth-order valence-electron chi connectivity index (χ4n) is 1.29. The van der Waals surface area contributed by atoms with Crippen molar-refractivity contribution in [2.45, 2.75) is 13.1 Å². The highest BCUT2D eigenvalue weighted by molar-refractivity contribution is 6.31. The minimum absolute atomic E-state index is 0.658. The van der Waals surface area contributed by atoms with Gasteiger partial charge >= 0.3 is 0 Å². The van der Waals surface area contributed by atoms with Crippen molar-refractivity contribution in [1.82, 2.24) is 10.3 Å². The third-order valence-electron chi connectivity index (χ3n) is 2.06. The first-order chi connectivity index (χ1) is 7.36. The fraction of sp³-hybridized carbons (Fsp3) is 0.182. The van der Waals surface area contributed by atoms with E-state index in [1.807, 2.05) is 24.3 Å². The number of oxazole rings is 1. The van der Waals surface area contributed by atoms with Crippen LogP contribution in [0.2, 0.25) is 5.02 Å². The third-order valence-corrected chi connectivity index (χ3v) is 2.42. The lowest BCUT2D eigenvalue weighted by atomic mass is 10.2. The normalized spacial score (nSPS) is 10.5. The highest BCUT2D eigenvalue weighted by Gasteiger charge is 1.99. The van der Waals surface area contributed by atoms with Gasteiger partial charge in [0.1, 0.15) is 5.76 Å². The molecule has 0 saturated heterocycles. The molecule has 0 aliphatic rings. The Bertz CT molecular complexity index is 414. The minimum atomic E-state index is 0.658. The summed E-state index contributed by atoms with van der Waals surface area (Å²) in [6, 6.07) is 7.77. The Morgan fingerprint density at radius 1 is 1.27 bits per heavy atom. The van der Waals surface area contributed by atoms with Crippen LogP contribution in [0, 0.1) is 0 Å². The maximum absolute atomic E-state index is 6.01. The van der Waals surface area contributed by atoms with E-state index in [4.69, 9.17) is 16.0 Å². The van der Waals surface area contributed by atoms with Crippen molar-refractivity contribution in [3.8, 4) is 0 Å². The van der Waals surface area contributed by atoms with Crippen LogP contribution in [0.15, 0.2) is 41.3 Å². The van der Waals surface area contributed by atoms with Gasteiger partial charge in [-0.2, -0.15) is 0 Å². The zero-order valence-corrected chi connectivity index (χ0v) is 8.87. The van der Waals surface area contributed by atoms with Gasteiger partial charge in [-0.3, -0.25) is 0 Å². The highest BCUT2D eigenvalue weighted by atomic mass is 35.5. The SMILES string of the molecule is Clc1ccccc1CNCc1cnco1. The van der Waals surface area contributed by atoms with Crippen molar-refractivity contribution in [1.29, 1.82) is 0 Å². The first-order valence-corrected chi connectivity index (χ1v) is 5.05. The van der Waals surface area contributed by atoms with E-state index in [1.54, 1.807) is 6.20 Å². The fourth-order valence-corrected chi connectivity index (χ4v) is 1.49. The van der Waals surface area contributed by atoms with Gasteiger partial charge in [0.05, 0.1) is 12.7 Å². The number of hydrogen-bond donors (Lipinski definition) is 1. The van der Waals surface area contributed by atoms with E-state index in [1.165, 1.54) is 6.39 Å². The van der Waals surface area contributed by atoms with E-state index in [-0.39, 0.29) is 0 Å². The predicted octanol–water partition coefficient (Wildman–Crippen LogP) is 2.62. The summed E-state index contributed by atoms with van der Waals surface area (Å²) in [5.41, 5.74) is 1.08. The topological polar surface area (TPSA) is 38.1 Å². The number of nitrogens with zero attached hydrogens (tertiary/aromatic N) is 1. The second kappa shape index (κ2) is 4.96. The molecule has 1 N–H and O–H groups in total. The Kier molecular flexibility index (Phi) is 3.37. The molecule has 2 aromatic rings. The van der Waals surface area contributed by atoms with E-state index in [2.05, 4.69) is 10.3 Å². The van der Waals surface area contributed by atoms with Gasteiger partial charge in [-0.1, -0.05) is 29.8 Å². The van der Waals surface area contributed by atoms with Gasteiger partial charge < -0.3 is 9.73 Å².